The standard InChI is InChI=1S/C13H19FN2O/c14-12-3-1-2-4-13(12)16-8-10(5-6-17)7-11(15)9-16/h1-4,10-11,17H,5-9,15H2. The minimum atomic E-state index is -0.204. The van der Waals surface area contributed by atoms with Gasteiger partial charge in [0.2, 0.25) is 0 Å². The van der Waals surface area contributed by atoms with Crippen molar-refractivity contribution in [2.24, 2.45) is 11.7 Å². The van der Waals surface area contributed by atoms with Crippen LogP contribution in [0.5, 0.6) is 0 Å². The first-order valence-electron chi connectivity index (χ1n) is 6.06. The van der Waals surface area contributed by atoms with Gasteiger partial charge in [0.15, 0.2) is 0 Å². The number of hydrogen-bond donors (Lipinski definition) is 2. The first-order chi connectivity index (χ1) is 8.20. The largest absolute Gasteiger partial charge is 0.396 e. The summed E-state index contributed by atoms with van der Waals surface area (Å²) in [7, 11) is 0. The van der Waals surface area contributed by atoms with E-state index in [0.717, 1.165) is 19.4 Å². The molecular formula is C13H19FN2O. The lowest BCUT2D eigenvalue weighted by Crippen LogP contribution is -2.47. The van der Waals surface area contributed by atoms with Crippen LogP contribution in [0.25, 0.3) is 0 Å². The maximum absolute atomic E-state index is 13.7. The van der Waals surface area contributed by atoms with Crippen molar-refractivity contribution in [1.82, 2.24) is 0 Å². The molecule has 0 amide bonds. The molecule has 17 heavy (non-hydrogen) atoms. The van der Waals surface area contributed by atoms with Crippen LogP contribution in [0.2, 0.25) is 0 Å². The van der Waals surface area contributed by atoms with E-state index in [1.807, 2.05) is 11.0 Å². The van der Waals surface area contributed by atoms with Gasteiger partial charge in [-0.2, -0.15) is 0 Å². The van der Waals surface area contributed by atoms with Gasteiger partial charge in [-0.25, -0.2) is 4.39 Å². The number of hydrogen-bond acceptors (Lipinski definition) is 3. The SMILES string of the molecule is NC1CC(CCO)CN(c2ccccc2F)C1. The van der Waals surface area contributed by atoms with Crippen molar-refractivity contribution in [3.05, 3.63) is 30.1 Å². The molecule has 1 aromatic rings. The second-order valence-corrected chi connectivity index (χ2v) is 4.73. The molecule has 4 heteroatoms. The van der Waals surface area contributed by atoms with Crippen molar-refractivity contribution in [3.63, 3.8) is 0 Å². The summed E-state index contributed by atoms with van der Waals surface area (Å²) in [4.78, 5) is 1.99. The first-order valence-corrected chi connectivity index (χ1v) is 6.06. The first kappa shape index (κ1) is 12.3. The quantitative estimate of drug-likeness (QED) is 0.836. The fourth-order valence-corrected chi connectivity index (χ4v) is 2.54. The normalized spacial score (nSPS) is 25.0. The summed E-state index contributed by atoms with van der Waals surface area (Å²) in [6.07, 6.45) is 1.64. The summed E-state index contributed by atoms with van der Waals surface area (Å²) in [5, 5.41) is 8.98. The van der Waals surface area contributed by atoms with E-state index in [1.54, 1.807) is 12.1 Å². The van der Waals surface area contributed by atoms with Gasteiger partial charge in [-0.15, -0.1) is 0 Å². The fraction of sp³-hybridized carbons (Fsp3) is 0.538. The molecule has 0 aromatic heterocycles. The number of nitrogens with two attached hydrogens (primary N) is 1. The lowest BCUT2D eigenvalue weighted by atomic mass is 9.92. The van der Waals surface area contributed by atoms with E-state index in [9.17, 15) is 4.39 Å². The Bertz CT molecular complexity index is 372. The molecule has 1 saturated heterocycles. The molecule has 94 valence electrons. The van der Waals surface area contributed by atoms with E-state index in [4.69, 9.17) is 10.8 Å². The highest BCUT2D eigenvalue weighted by Crippen LogP contribution is 2.26. The van der Waals surface area contributed by atoms with Gasteiger partial charge in [0.1, 0.15) is 5.82 Å². The summed E-state index contributed by atoms with van der Waals surface area (Å²) < 4.78 is 13.7. The van der Waals surface area contributed by atoms with Gasteiger partial charge in [-0.1, -0.05) is 12.1 Å². The lowest BCUT2D eigenvalue weighted by molar-refractivity contribution is 0.238. The molecule has 1 aliphatic heterocycles. The number of aliphatic hydroxyl groups is 1. The number of halogens is 1. The third kappa shape index (κ3) is 2.96. The summed E-state index contributed by atoms with van der Waals surface area (Å²) >= 11 is 0. The van der Waals surface area contributed by atoms with Gasteiger partial charge in [-0.05, 0) is 30.9 Å². The van der Waals surface area contributed by atoms with E-state index in [2.05, 4.69) is 0 Å². The predicted octanol–water partition coefficient (Wildman–Crippen LogP) is 1.36. The predicted molar refractivity (Wildman–Crippen MR) is 66.4 cm³/mol. The topological polar surface area (TPSA) is 49.5 Å². The molecule has 0 spiro atoms. The Morgan fingerprint density at radius 3 is 2.82 bits per heavy atom. The molecule has 2 unspecified atom stereocenters. The maximum Gasteiger partial charge on any atom is 0.146 e. The molecule has 3 nitrogen and oxygen atoms in total. The van der Waals surface area contributed by atoms with E-state index in [-0.39, 0.29) is 18.5 Å². The average Bonchev–Trinajstić information content (AvgIpc) is 2.29. The van der Waals surface area contributed by atoms with E-state index < -0.39 is 0 Å². The minimum Gasteiger partial charge on any atom is -0.396 e. The molecule has 0 radical (unpaired) electrons. The van der Waals surface area contributed by atoms with Gasteiger partial charge in [0.25, 0.3) is 0 Å². The van der Waals surface area contributed by atoms with E-state index in [1.165, 1.54) is 6.07 Å². The molecule has 2 rings (SSSR count). The van der Waals surface area contributed by atoms with E-state index >= 15 is 0 Å². The summed E-state index contributed by atoms with van der Waals surface area (Å²) in [6.45, 7) is 1.63. The van der Waals surface area contributed by atoms with Crippen LogP contribution in [0.4, 0.5) is 10.1 Å². The van der Waals surface area contributed by atoms with Crippen molar-refractivity contribution >= 4 is 5.69 Å². The maximum atomic E-state index is 13.7. The van der Waals surface area contributed by atoms with Crippen LogP contribution in [0, 0.1) is 11.7 Å². The molecular weight excluding hydrogens is 219 g/mol. The summed E-state index contributed by atoms with van der Waals surface area (Å²) in [6, 6.07) is 6.83. The Labute approximate surface area is 101 Å². The Morgan fingerprint density at radius 1 is 1.35 bits per heavy atom. The molecule has 0 bridgehead atoms. The van der Waals surface area contributed by atoms with Crippen molar-refractivity contribution in [3.8, 4) is 0 Å². The van der Waals surface area contributed by atoms with Gasteiger partial charge < -0.3 is 15.7 Å². The van der Waals surface area contributed by atoms with Gasteiger partial charge in [0.05, 0.1) is 5.69 Å². The van der Waals surface area contributed by atoms with Gasteiger partial charge in [0, 0.05) is 25.7 Å². The molecule has 0 saturated carbocycles. The number of piperidine rings is 1. The van der Waals surface area contributed by atoms with Crippen LogP contribution in [-0.4, -0.2) is 30.8 Å². The Balaban J connectivity index is 2.12. The van der Waals surface area contributed by atoms with E-state index in [0.29, 0.717) is 18.2 Å². The van der Waals surface area contributed by atoms with Gasteiger partial charge >= 0.3 is 0 Å². The third-order valence-corrected chi connectivity index (χ3v) is 3.30. The van der Waals surface area contributed by atoms with Crippen LogP contribution in [0.1, 0.15) is 12.8 Å². The number of anilines is 1. The number of nitrogens with zero attached hydrogens (tertiary/aromatic N) is 1. The molecule has 1 heterocycles. The average molecular weight is 238 g/mol. The number of para-hydroxylation sites is 1. The monoisotopic (exact) mass is 238 g/mol. The Kier molecular flexibility index (Phi) is 3.97. The minimum absolute atomic E-state index is 0.0555. The zero-order valence-electron chi connectivity index (χ0n) is 9.85. The van der Waals surface area contributed by atoms with Crippen LogP contribution in [0.3, 0.4) is 0 Å². The van der Waals surface area contributed by atoms with Crippen LogP contribution in [-0.2, 0) is 0 Å². The third-order valence-electron chi connectivity index (χ3n) is 3.30. The molecule has 1 aromatic carbocycles. The zero-order valence-corrected chi connectivity index (χ0v) is 9.85. The molecule has 0 aliphatic carbocycles. The lowest BCUT2D eigenvalue weighted by Gasteiger charge is -2.37. The molecule has 2 atom stereocenters. The molecule has 3 N–H and O–H groups in total. The smallest absolute Gasteiger partial charge is 0.146 e. The van der Waals surface area contributed by atoms with Crippen molar-refractivity contribution in [1.29, 1.82) is 0 Å². The van der Waals surface area contributed by atoms with Crippen molar-refractivity contribution in [2.75, 3.05) is 24.6 Å². The Morgan fingerprint density at radius 2 is 2.12 bits per heavy atom. The van der Waals surface area contributed by atoms with Crippen molar-refractivity contribution < 1.29 is 9.50 Å². The second kappa shape index (κ2) is 5.47. The summed E-state index contributed by atoms with van der Waals surface area (Å²) in [5.74, 6) is 0.146. The fourth-order valence-electron chi connectivity index (χ4n) is 2.54. The van der Waals surface area contributed by atoms with Gasteiger partial charge in [-0.3, -0.25) is 0 Å². The number of aliphatic hydroxyl groups excluding tert-OH is 1. The van der Waals surface area contributed by atoms with Crippen LogP contribution >= 0.6 is 0 Å². The summed E-state index contributed by atoms with van der Waals surface area (Å²) in [5.41, 5.74) is 6.60. The second-order valence-electron chi connectivity index (χ2n) is 4.73. The molecule has 1 aliphatic rings. The zero-order chi connectivity index (χ0) is 12.3. The van der Waals surface area contributed by atoms with Crippen LogP contribution < -0.4 is 10.6 Å². The van der Waals surface area contributed by atoms with Crippen molar-refractivity contribution in [2.45, 2.75) is 18.9 Å². The highest BCUT2D eigenvalue weighted by Gasteiger charge is 2.26. The highest BCUT2D eigenvalue weighted by molar-refractivity contribution is 5.48. The Hall–Kier alpha value is -1.13. The number of rotatable bonds is 3. The number of benzene rings is 1. The molecule has 1 fully saturated rings. The van der Waals surface area contributed by atoms with Crippen LogP contribution in [0.15, 0.2) is 24.3 Å². The highest BCUT2D eigenvalue weighted by atomic mass is 19.1.